The van der Waals surface area contributed by atoms with Gasteiger partial charge < -0.3 is 0 Å². The van der Waals surface area contributed by atoms with Crippen LogP contribution in [-0.4, -0.2) is 18.0 Å². The van der Waals surface area contributed by atoms with Crippen LogP contribution in [0.5, 0.6) is 0 Å². The molecule has 5 nitrogen and oxygen atoms in total. The predicted octanol–water partition coefficient (Wildman–Crippen LogP) is 3.15. The number of benzene rings is 2. The van der Waals surface area contributed by atoms with Crippen molar-refractivity contribution in [1.82, 2.24) is 9.55 Å². The van der Waals surface area contributed by atoms with Crippen LogP contribution in [0.15, 0.2) is 59.6 Å². The van der Waals surface area contributed by atoms with Crippen LogP contribution in [0, 0.1) is 6.92 Å². The van der Waals surface area contributed by atoms with Gasteiger partial charge in [-0.3, -0.25) is 4.57 Å². The van der Waals surface area contributed by atoms with Gasteiger partial charge in [-0.1, -0.05) is 11.6 Å². The summed E-state index contributed by atoms with van der Waals surface area (Å²) in [4.78, 5) is 4.59. The molecule has 0 aliphatic rings. The maximum Gasteiger partial charge on any atom is 0.238 e. The topological polar surface area (TPSA) is 78.0 Å². The molecule has 0 amide bonds. The van der Waals surface area contributed by atoms with Crippen LogP contribution in [0.1, 0.15) is 5.69 Å². The number of hydrogen-bond donors (Lipinski definition) is 1. The third kappa shape index (κ3) is 3.29. The normalized spacial score (nSPS) is 11.6. The van der Waals surface area contributed by atoms with Crippen LogP contribution in [0.25, 0.3) is 17.1 Å². The van der Waals surface area contributed by atoms with Crippen molar-refractivity contribution in [2.75, 3.05) is 0 Å². The minimum Gasteiger partial charge on any atom is -0.300 e. The summed E-state index contributed by atoms with van der Waals surface area (Å²) in [5.74, 6) is 0.714. The fourth-order valence-corrected chi connectivity index (χ4v) is 2.94. The number of sulfonamides is 1. The van der Waals surface area contributed by atoms with Crippen molar-refractivity contribution in [2.45, 2.75) is 11.8 Å². The molecular weight excluding hydrogens is 334 g/mol. The molecule has 0 spiro atoms. The standard InChI is InChI=1S/C16H14ClN3O2S/c1-11-10-20(14-6-4-13(17)5-7-14)16(19-11)12-2-8-15(9-3-12)23(18,21)22/h2-10H,1H3,(H2,18,21,22). The highest BCUT2D eigenvalue weighted by Gasteiger charge is 2.12. The quantitative estimate of drug-likeness (QED) is 0.790. The first-order valence-electron chi connectivity index (χ1n) is 6.80. The summed E-state index contributed by atoms with van der Waals surface area (Å²) in [6.45, 7) is 1.90. The summed E-state index contributed by atoms with van der Waals surface area (Å²) in [5, 5.41) is 5.78. The number of primary sulfonamides is 1. The Labute approximate surface area is 139 Å². The maximum atomic E-state index is 11.3. The number of nitrogens with two attached hydrogens (primary N) is 1. The molecule has 1 heterocycles. The zero-order valence-electron chi connectivity index (χ0n) is 12.3. The lowest BCUT2D eigenvalue weighted by Gasteiger charge is -2.08. The van der Waals surface area contributed by atoms with Gasteiger partial charge in [0.2, 0.25) is 10.0 Å². The van der Waals surface area contributed by atoms with Crippen LogP contribution in [0.4, 0.5) is 0 Å². The van der Waals surface area contributed by atoms with Crippen molar-refractivity contribution in [2.24, 2.45) is 5.14 Å². The van der Waals surface area contributed by atoms with Crippen molar-refractivity contribution < 1.29 is 8.42 Å². The summed E-state index contributed by atoms with van der Waals surface area (Å²) < 4.78 is 24.6. The van der Waals surface area contributed by atoms with Gasteiger partial charge in [-0.05, 0) is 55.5 Å². The van der Waals surface area contributed by atoms with Crippen LogP contribution in [0.3, 0.4) is 0 Å². The molecule has 0 aliphatic carbocycles. The van der Waals surface area contributed by atoms with Crippen LogP contribution in [0.2, 0.25) is 5.02 Å². The SMILES string of the molecule is Cc1cn(-c2ccc(Cl)cc2)c(-c2ccc(S(N)(=O)=O)cc2)n1. The third-order valence-corrected chi connectivity index (χ3v) is 4.55. The van der Waals surface area contributed by atoms with Gasteiger partial charge in [0.25, 0.3) is 0 Å². The zero-order chi connectivity index (χ0) is 16.6. The fraction of sp³-hybridized carbons (Fsp3) is 0.0625. The molecule has 0 unspecified atom stereocenters. The van der Waals surface area contributed by atoms with Gasteiger partial charge in [-0.2, -0.15) is 0 Å². The average molecular weight is 348 g/mol. The molecule has 3 rings (SSSR count). The van der Waals surface area contributed by atoms with Crippen LogP contribution >= 0.6 is 11.6 Å². The van der Waals surface area contributed by atoms with Crippen molar-refractivity contribution >= 4 is 21.6 Å². The number of halogens is 1. The Morgan fingerprint density at radius 3 is 2.22 bits per heavy atom. The molecule has 0 radical (unpaired) electrons. The Morgan fingerprint density at radius 2 is 1.65 bits per heavy atom. The third-order valence-electron chi connectivity index (χ3n) is 3.37. The highest BCUT2D eigenvalue weighted by Crippen LogP contribution is 2.25. The van der Waals surface area contributed by atoms with E-state index in [-0.39, 0.29) is 4.90 Å². The molecule has 2 N–H and O–H groups in total. The van der Waals surface area contributed by atoms with E-state index in [0.717, 1.165) is 16.9 Å². The second-order valence-corrected chi connectivity index (χ2v) is 7.12. The smallest absolute Gasteiger partial charge is 0.238 e. The molecule has 2 aromatic carbocycles. The van der Waals surface area contributed by atoms with E-state index in [0.29, 0.717) is 10.8 Å². The van der Waals surface area contributed by atoms with Crippen molar-refractivity contribution in [3.05, 3.63) is 65.4 Å². The largest absolute Gasteiger partial charge is 0.300 e. The number of aryl methyl sites for hydroxylation is 1. The van der Waals surface area contributed by atoms with E-state index < -0.39 is 10.0 Å². The summed E-state index contributed by atoms with van der Waals surface area (Å²) in [5.41, 5.74) is 2.56. The van der Waals surface area contributed by atoms with Gasteiger partial charge in [0.15, 0.2) is 0 Å². The minimum absolute atomic E-state index is 0.0718. The monoisotopic (exact) mass is 347 g/mol. The van der Waals surface area contributed by atoms with Gasteiger partial charge in [-0.25, -0.2) is 18.5 Å². The van der Waals surface area contributed by atoms with Gasteiger partial charge >= 0.3 is 0 Å². The fourth-order valence-electron chi connectivity index (χ4n) is 2.29. The van der Waals surface area contributed by atoms with E-state index in [1.165, 1.54) is 12.1 Å². The number of nitrogens with zero attached hydrogens (tertiary/aromatic N) is 2. The summed E-state index contributed by atoms with van der Waals surface area (Å²) >= 11 is 5.93. The summed E-state index contributed by atoms with van der Waals surface area (Å²) in [6.07, 6.45) is 1.91. The van der Waals surface area contributed by atoms with Crippen molar-refractivity contribution in [3.8, 4) is 17.1 Å². The maximum absolute atomic E-state index is 11.3. The average Bonchev–Trinajstić information content (AvgIpc) is 2.89. The van der Waals surface area contributed by atoms with Crippen LogP contribution < -0.4 is 5.14 Å². The second-order valence-electron chi connectivity index (χ2n) is 5.12. The molecule has 0 bridgehead atoms. The van der Waals surface area contributed by atoms with Gasteiger partial charge in [0.1, 0.15) is 5.82 Å². The Bertz CT molecular complexity index is 946. The molecule has 0 aliphatic heterocycles. The number of hydrogen-bond acceptors (Lipinski definition) is 3. The molecule has 0 fully saturated rings. The lowest BCUT2D eigenvalue weighted by atomic mass is 10.2. The first kappa shape index (κ1) is 15.7. The number of imidazole rings is 1. The highest BCUT2D eigenvalue weighted by atomic mass is 35.5. The van der Waals surface area contributed by atoms with Gasteiger partial charge in [-0.15, -0.1) is 0 Å². The zero-order valence-corrected chi connectivity index (χ0v) is 13.8. The lowest BCUT2D eigenvalue weighted by Crippen LogP contribution is -2.11. The van der Waals surface area contributed by atoms with E-state index in [1.807, 2.05) is 29.8 Å². The first-order chi connectivity index (χ1) is 10.8. The molecule has 7 heteroatoms. The Kier molecular flexibility index (Phi) is 3.97. The lowest BCUT2D eigenvalue weighted by molar-refractivity contribution is 0.598. The first-order valence-corrected chi connectivity index (χ1v) is 8.72. The highest BCUT2D eigenvalue weighted by molar-refractivity contribution is 7.89. The molecule has 0 atom stereocenters. The Hall–Kier alpha value is -2.15. The molecule has 0 saturated carbocycles. The molecule has 1 aromatic heterocycles. The van der Waals surface area contributed by atoms with E-state index in [2.05, 4.69) is 4.98 Å². The minimum atomic E-state index is -3.71. The predicted molar refractivity (Wildman–Crippen MR) is 90.1 cm³/mol. The summed E-state index contributed by atoms with van der Waals surface area (Å²) in [7, 11) is -3.71. The molecular formula is C16H14ClN3O2S. The second kappa shape index (κ2) is 5.81. The molecule has 3 aromatic rings. The van der Waals surface area contributed by atoms with Crippen LogP contribution in [-0.2, 0) is 10.0 Å². The van der Waals surface area contributed by atoms with Gasteiger partial charge in [0.05, 0.1) is 10.6 Å². The molecule has 23 heavy (non-hydrogen) atoms. The number of aromatic nitrogens is 2. The van der Waals surface area contributed by atoms with Gasteiger partial charge in [0, 0.05) is 22.5 Å². The number of rotatable bonds is 3. The van der Waals surface area contributed by atoms with E-state index in [9.17, 15) is 8.42 Å². The van der Waals surface area contributed by atoms with Crippen molar-refractivity contribution in [1.29, 1.82) is 0 Å². The Morgan fingerprint density at radius 1 is 1.04 bits per heavy atom. The van der Waals surface area contributed by atoms with E-state index >= 15 is 0 Å². The van der Waals surface area contributed by atoms with E-state index in [4.69, 9.17) is 16.7 Å². The van der Waals surface area contributed by atoms with Crippen molar-refractivity contribution in [3.63, 3.8) is 0 Å². The Balaban J connectivity index is 2.09. The molecule has 0 saturated heterocycles. The summed E-state index contributed by atoms with van der Waals surface area (Å²) in [6, 6.07) is 13.7. The molecule has 118 valence electrons. The van der Waals surface area contributed by atoms with E-state index in [1.54, 1.807) is 24.3 Å².